The van der Waals surface area contributed by atoms with Crippen molar-refractivity contribution in [2.24, 2.45) is 5.92 Å². The first-order valence-electron chi connectivity index (χ1n) is 6.96. The lowest BCUT2D eigenvalue weighted by Gasteiger charge is -2.30. The Morgan fingerprint density at radius 3 is 2.71 bits per heavy atom. The summed E-state index contributed by atoms with van der Waals surface area (Å²) < 4.78 is 28.2. The fourth-order valence-corrected chi connectivity index (χ4v) is 3.41. The third-order valence-corrected chi connectivity index (χ3v) is 4.82. The lowest BCUT2D eigenvalue weighted by atomic mass is 9.78. The summed E-state index contributed by atoms with van der Waals surface area (Å²) in [6.07, 6.45) is 1.08. The summed E-state index contributed by atoms with van der Waals surface area (Å²) in [6.45, 7) is 0. The minimum atomic E-state index is -0.673. The van der Waals surface area contributed by atoms with Crippen LogP contribution in [0.15, 0.2) is 40.9 Å². The highest BCUT2D eigenvalue weighted by atomic mass is 79.9. The fourth-order valence-electron chi connectivity index (χ4n) is 3.04. The Kier molecular flexibility index (Phi) is 4.09. The molecule has 21 heavy (non-hydrogen) atoms. The summed E-state index contributed by atoms with van der Waals surface area (Å²) in [4.78, 5) is 0. The summed E-state index contributed by atoms with van der Waals surface area (Å²) in [7, 11) is 0. The average Bonchev–Trinajstić information content (AvgIpc) is 2.50. The Balaban J connectivity index is 1.89. The van der Waals surface area contributed by atoms with Crippen LogP contribution in [-0.2, 0) is 12.8 Å². The van der Waals surface area contributed by atoms with Crippen LogP contribution in [0.3, 0.4) is 0 Å². The molecule has 1 aliphatic rings. The van der Waals surface area contributed by atoms with Crippen molar-refractivity contribution in [2.45, 2.75) is 25.4 Å². The van der Waals surface area contributed by atoms with Gasteiger partial charge in [-0.15, -0.1) is 0 Å². The topological polar surface area (TPSA) is 20.2 Å². The predicted molar refractivity (Wildman–Crippen MR) is 81.0 cm³/mol. The molecule has 2 aromatic rings. The Labute approximate surface area is 130 Å². The minimum absolute atomic E-state index is 0.0489. The van der Waals surface area contributed by atoms with Crippen molar-refractivity contribution >= 4 is 15.9 Å². The zero-order valence-electron chi connectivity index (χ0n) is 11.3. The summed E-state index contributed by atoms with van der Waals surface area (Å²) in [6, 6.07) is 10.3. The zero-order chi connectivity index (χ0) is 15.0. The first-order chi connectivity index (χ1) is 10.1. The van der Waals surface area contributed by atoms with Gasteiger partial charge in [-0.1, -0.05) is 24.3 Å². The van der Waals surface area contributed by atoms with Crippen LogP contribution in [0.5, 0.6) is 0 Å². The minimum Gasteiger partial charge on any atom is -0.388 e. The second-order valence-corrected chi connectivity index (χ2v) is 6.32. The molecular weight excluding hydrogens is 338 g/mol. The largest absolute Gasteiger partial charge is 0.388 e. The van der Waals surface area contributed by atoms with Gasteiger partial charge in [0.15, 0.2) is 0 Å². The van der Waals surface area contributed by atoms with E-state index in [0.29, 0.717) is 0 Å². The molecular formula is C17H15BrF2O. The zero-order valence-corrected chi connectivity index (χ0v) is 12.9. The number of benzene rings is 2. The van der Waals surface area contributed by atoms with E-state index in [0.717, 1.165) is 24.0 Å². The van der Waals surface area contributed by atoms with E-state index < -0.39 is 17.7 Å². The van der Waals surface area contributed by atoms with Gasteiger partial charge in [-0.3, -0.25) is 0 Å². The van der Waals surface area contributed by atoms with E-state index in [2.05, 4.69) is 15.9 Å². The van der Waals surface area contributed by atoms with Gasteiger partial charge >= 0.3 is 0 Å². The normalized spacial score (nSPS) is 21.1. The number of aliphatic hydroxyl groups excluding tert-OH is 1. The van der Waals surface area contributed by atoms with Gasteiger partial charge in [0.1, 0.15) is 11.6 Å². The third kappa shape index (κ3) is 2.74. The van der Waals surface area contributed by atoms with Crippen molar-refractivity contribution in [1.82, 2.24) is 0 Å². The number of aryl methyl sites for hydroxylation is 1. The van der Waals surface area contributed by atoms with Crippen LogP contribution >= 0.6 is 15.9 Å². The van der Waals surface area contributed by atoms with Gasteiger partial charge < -0.3 is 5.11 Å². The second kappa shape index (κ2) is 5.85. The van der Waals surface area contributed by atoms with E-state index in [9.17, 15) is 13.9 Å². The highest BCUT2D eigenvalue weighted by Crippen LogP contribution is 2.37. The summed E-state index contributed by atoms with van der Waals surface area (Å²) in [5.74, 6) is -1.29. The van der Waals surface area contributed by atoms with Crippen LogP contribution in [0.4, 0.5) is 8.78 Å². The van der Waals surface area contributed by atoms with Crippen LogP contribution in [-0.4, -0.2) is 5.11 Å². The van der Waals surface area contributed by atoms with Crippen LogP contribution in [0, 0.1) is 17.6 Å². The SMILES string of the molecule is OC1c2ccccc2CCC1Cc1c(F)ccc(Br)c1F. The molecule has 0 bridgehead atoms. The maximum Gasteiger partial charge on any atom is 0.143 e. The molecule has 0 amide bonds. The lowest BCUT2D eigenvalue weighted by Crippen LogP contribution is -2.23. The van der Waals surface area contributed by atoms with Crippen LogP contribution in [0.1, 0.15) is 29.2 Å². The number of hydrogen-bond donors (Lipinski definition) is 1. The van der Waals surface area contributed by atoms with Gasteiger partial charge in [0, 0.05) is 5.56 Å². The molecule has 0 saturated carbocycles. The summed E-state index contributed by atoms with van der Waals surface area (Å²) in [5.41, 5.74) is 2.05. The van der Waals surface area contributed by atoms with Crippen LogP contribution in [0.25, 0.3) is 0 Å². The molecule has 1 nitrogen and oxygen atoms in total. The van der Waals surface area contributed by atoms with E-state index in [-0.39, 0.29) is 22.4 Å². The third-order valence-electron chi connectivity index (χ3n) is 4.21. The standard InChI is InChI=1S/C17H15BrF2O/c18-14-7-8-15(19)13(16(14)20)9-11-6-5-10-3-1-2-4-12(10)17(11)21/h1-4,7-8,11,17,21H,5-6,9H2. The van der Waals surface area contributed by atoms with Crippen molar-refractivity contribution in [2.75, 3.05) is 0 Å². The van der Waals surface area contributed by atoms with Crippen molar-refractivity contribution in [3.63, 3.8) is 0 Å². The van der Waals surface area contributed by atoms with Gasteiger partial charge in [0.25, 0.3) is 0 Å². The van der Waals surface area contributed by atoms with Gasteiger partial charge in [0.05, 0.1) is 10.6 Å². The molecule has 0 heterocycles. The van der Waals surface area contributed by atoms with Gasteiger partial charge in [0.2, 0.25) is 0 Å². The molecule has 3 rings (SSSR count). The van der Waals surface area contributed by atoms with E-state index in [4.69, 9.17) is 0 Å². The molecule has 0 saturated heterocycles. The second-order valence-electron chi connectivity index (χ2n) is 5.47. The van der Waals surface area contributed by atoms with Crippen molar-refractivity contribution < 1.29 is 13.9 Å². The smallest absolute Gasteiger partial charge is 0.143 e. The van der Waals surface area contributed by atoms with E-state index in [1.165, 1.54) is 12.1 Å². The fraction of sp³-hybridized carbons (Fsp3) is 0.294. The van der Waals surface area contributed by atoms with Crippen LogP contribution in [0.2, 0.25) is 0 Å². The maximum absolute atomic E-state index is 14.1. The quantitative estimate of drug-likeness (QED) is 0.785. The van der Waals surface area contributed by atoms with E-state index in [1.807, 2.05) is 24.3 Å². The molecule has 2 aromatic carbocycles. The average molecular weight is 353 g/mol. The molecule has 2 atom stereocenters. The summed E-state index contributed by atoms with van der Waals surface area (Å²) in [5, 5.41) is 10.5. The Hall–Kier alpha value is -1.26. The monoisotopic (exact) mass is 352 g/mol. The Bertz CT molecular complexity index is 672. The number of fused-ring (bicyclic) bond motifs is 1. The molecule has 0 radical (unpaired) electrons. The Morgan fingerprint density at radius 1 is 1.14 bits per heavy atom. The van der Waals surface area contributed by atoms with Gasteiger partial charge in [-0.05, 0) is 64.4 Å². The highest BCUT2D eigenvalue weighted by Gasteiger charge is 2.29. The molecule has 0 aliphatic heterocycles. The Morgan fingerprint density at radius 2 is 1.90 bits per heavy atom. The highest BCUT2D eigenvalue weighted by molar-refractivity contribution is 9.10. The molecule has 0 aromatic heterocycles. The predicted octanol–water partition coefficient (Wildman–Crippen LogP) is 4.57. The molecule has 0 fully saturated rings. The number of halogens is 3. The number of hydrogen-bond acceptors (Lipinski definition) is 1. The molecule has 110 valence electrons. The van der Waals surface area contributed by atoms with Crippen molar-refractivity contribution in [3.8, 4) is 0 Å². The van der Waals surface area contributed by atoms with Crippen molar-refractivity contribution in [3.05, 3.63) is 69.2 Å². The van der Waals surface area contributed by atoms with Gasteiger partial charge in [-0.2, -0.15) is 0 Å². The van der Waals surface area contributed by atoms with E-state index >= 15 is 0 Å². The van der Waals surface area contributed by atoms with Gasteiger partial charge in [-0.25, -0.2) is 8.78 Å². The van der Waals surface area contributed by atoms with Crippen LogP contribution < -0.4 is 0 Å². The molecule has 1 N–H and O–H groups in total. The summed E-state index contributed by atoms with van der Waals surface area (Å²) >= 11 is 3.08. The molecule has 4 heteroatoms. The van der Waals surface area contributed by atoms with Crippen molar-refractivity contribution in [1.29, 1.82) is 0 Å². The van der Waals surface area contributed by atoms with E-state index in [1.54, 1.807) is 0 Å². The number of aliphatic hydroxyl groups is 1. The lowest BCUT2D eigenvalue weighted by molar-refractivity contribution is 0.0926. The molecule has 1 aliphatic carbocycles. The first kappa shape index (κ1) is 14.7. The molecule has 0 spiro atoms. The maximum atomic E-state index is 14.1. The molecule has 2 unspecified atom stereocenters. The number of rotatable bonds is 2. The first-order valence-corrected chi connectivity index (χ1v) is 7.75.